The minimum absolute atomic E-state index is 0.0376. The van der Waals surface area contributed by atoms with E-state index in [2.05, 4.69) is 25.3 Å². The van der Waals surface area contributed by atoms with Crippen molar-refractivity contribution in [2.75, 3.05) is 17.2 Å². The summed E-state index contributed by atoms with van der Waals surface area (Å²) in [5.41, 5.74) is -0.880. The maximum atomic E-state index is 13.4. The lowest BCUT2D eigenvalue weighted by molar-refractivity contribution is -0.274. The molecule has 3 N–H and O–H groups in total. The third kappa shape index (κ3) is 7.22. The fourth-order valence-corrected chi connectivity index (χ4v) is 3.14. The minimum Gasteiger partial charge on any atom is -0.406 e. The summed E-state index contributed by atoms with van der Waals surface area (Å²) in [6.07, 6.45) is -9.54. The second kappa shape index (κ2) is 10.4. The summed E-state index contributed by atoms with van der Waals surface area (Å²) in [7, 11) is 0. The van der Waals surface area contributed by atoms with Crippen molar-refractivity contribution < 1.29 is 36.2 Å². The van der Waals surface area contributed by atoms with Gasteiger partial charge >= 0.3 is 12.5 Å². The Labute approximate surface area is 197 Å². The molecule has 188 valence electrons. The number of aliphatic hydroxyl groups is 1. The lowest BCUT2D eigenvalue weighted by Crippen LogP contribution is -2.30. The van der Waals surface area contributed by atoms with Crippen LogP contribution in [0.1, 0.15) is 19.4 Å². The highest BCUT2D eigenvalue weighted by Crippen LogP contribution is 2.36. The number of anilines is 3. The molecule has 0 radical (unpaired) electrons. The summed E-state index contributed by atoms with van der Waals surface area (Å²) in [6.45, 7) is 3.38. The average Bonchev–Trinajstić information content (AvgIpc) is 2.76. The molecule has 2 aromatic carbocycles. The summed E-state index contributed by atoms with van der Waals surface area (Å²) in [6, 6.07) is 10.6. The van der Waals surface area contributed by atoms with Gasteiger partial charge in [0.05, 0.1) is 29.6 Å². The molecule has 12 heteroatoms. The average molecular weight is 500 g/mol. The molecule has 1 heterocycles. The van der Waals surface area contributed by atoms with E-state index in [0.717, 1.165) is 18.2 Å². The summed E-state index contributed by atoms with van der Waals surface area (Å²) in [5.74, 6) is -0.630. The van der Waals surface area contributed by atoms with Crippen LogP contribution in [0.4, 0.5) is 43.8 Å². The molecule has 1 atom stereocenters. The Balaban J connectivity index is 2.06. The molecule has 35 heavy (non-hydrogen) atoms. The van der Waals surface area contributed by atoms with Crippen molar-refractivity contribution in [3.63, 3.8) is 0 Å². The molecule has 0 aliphatic rings. The minimum atomic E-state index is -4.91. The van der Waals surface area contributed by atoms with Crippen molar-refractivity contribution in [2.24, 2.45) is 5.92 Å². The van der Waals surface area contributed by atoms with E-state index in [9.17, 15) is 31.4 Å². The van der Waals surface area contributed by atoms with E-state index in [1.54, 1.807) is 0 Å². The van der Waals surface area contributed by atoms with Crippen molar-refractivity contribution in [1.29, 1.82) is 0 Å². The second-order valence-electron chi connectivity index (χ2n) is 7.88. The largest absolute Gasteiger partial charge is 0.573 e. The molecule has 0 spiro atoms. The van der Waals surface area contributed by atoms with Crippen LogP contribution in [-0.4, -0.2) is 34.1 Å². The fourth-order valence-electron chi connectivity index (χ4n) is 3.14. The van der Waals surface area contributed by atoms with E-state index in [0.29, 0.717) is 0 Å². The van der Waals surface area contributed by atoms with Crippen molar-refractivity contribution in [2.45, 2.75) is 32.4 Å². The van der Waals surface area contributed by atoms with Crippen LogP contribution in [0, 0.1) is 5.92 Å². The van der Waals surface area contributed by atoms with E-state index in [4.69, 9.17) is 0 Å². The van der Waals surface area contributed by atoms with Crippen molar-refractivity contribution in [1.82, 2.24) is 9.97 Å². The van der Waals surface area contributed by atoms with Crippen LogP contribution < -0.4 is 15.4 Å². The van der Waals surface area contributed by atoms with Crippen LogP contribution in [0.3, 0.4) is 0 Å². The summed E-state index contributed by atoms with van der Waals surface area (Å²) < 4.78 is 82.2. The Morgan fingerprint density at radius 1 is 0.943 bits per heavy atom. The molecular weight excluding hydrogens is 478 g/mol. The fraction of sp³-hybridized carbons (Fsp3) is 0.304. The smallest absolute Gasteiger partial charge is 0.406 e. The van der Waals surface area contributed by atoms with Crippen LogP contribution in [0.25, 0.3) is 11.3 Å². The first kappa shape index (κ1) is 26.1. The number of rotatable bonds is 8. The van der Waals surface area contributed by atoms with Crippen LogP contribution in [0.2, 0.25) is 0 Å². The lowest BCUT2D eigenvalue weighted by atomic mass is 10.1. The van der Waals surface area contributed by atoms with Crippen LogP contribution in [-0.2, 0) is 6.18 Å². The zero-order valence-electron chi connectivity index (χ0n) is 18.6. The number of aliphatic hydroxyl groups excluding tert-OH is 1. The van der Waals surface area contributed by atoms with Gasteiger partial charge in [0, 0.05) is 11.6 Å². The first-order chi connectivity index (χ1) is 16.4. The van der Waals surface area contributed by atoms with E-state index < -0.39 is 29.9 Å². The number of alkyl halides is 6. The number of para-hydroxylation sites is 1. The Morgan fingerprint density at radius 2 is 1.66 bits per heavy atom. The molecule has 0 amide bonds. The molecule has 0 saturated carbocycles. The molecule has 0 unspecified atom stereocenters. The van der Waals surface area contributed by atoms with Gasteiger partial charge in [0.2, 0.25) is 5.95 Å². The maximum Gasteiger partial charge on any atom is 0.573 e. The number of hydrogen-bond donors (Lipinski definition) is 3. The second-order valence-corrected chi connectivity index (χ2v) is 7.88. The van der Waals surface area contributed by atoms with Gasteiger partial charge in [-0.15, -0.1) is 13.2 Å². The molecule has 3 rings (SSSR count). The van der Waals surface area contributed by atoms with E-state index in [1.165, 1.54) is 36.4 Å². The molecule has 0 aliphatic carbocycles. The topological polar surface area (TPSA) is 79.3 Å². The van der Waals surface area contributed by atoms with Gasteiger partial charge in [-0.2, -0.15) is 18.2 Å². The Kier molecular flexibility index (Phi) is 7.73. The van der Waals surface area contributed by atoms with Gasteiger partial charge in [-0.3, -0.25) is 0 Å². The lowest BCUT2D eigenvalue weighted by Gasteiger charge is -2.21. The molecular formula is C23H22F6N4O2. The highest BCUT2D eigenvalue weighted by molar-refractivity contribution is 5.69. The van der Waals surface area contributed by atoms with Crippen molar-refractivity contribution in [3.05, 3.63) is 60.2 Å². The van der Waals surface area contributed by atoms with Gasteiger partial charge in [0.15, 0.2) is 0 Å². The number of ether oxygens (including phenoxy) is 1. The number of nitrogens with one attached hydrogen (secondary N) is 2. The molecule has 6 nitrogen and oxygen atoms in total. The molecule has 0 saturated heterocycles. The monoisotopic (exact) mass is 500 g/mol. The number of aromatic nitrogens is 2. The number of nitrogens with zero attached hydrogens (tertiary/aromatic N) is 2. The van der Waals surface area contributed by atoms with Crippen molar-refractivity contribution in [3.8, 4) is 17.0 Å². The summed E-state index contributed by atoms with van der Waals surface area (Å²) in [4.78, 5) is 8.50. The molecule has 1 aromatic heterocycles. The Hall–Kier alpha value is -3.54. The number of hydrogen-bond acceptors (Lipinski definition) is 6. The molecule has 0 aliphatic heterocycles. The zero-order valence-corrected chi connectivity index (χ0v) is 18.6. The highest BCUT2D eigenvalue weighted by Gasteiger charge is 2.33. The molecule has 3 aromatic rings. The number of halogens is 6. The van der Waals surface area contributed by atoms with E-state index >= 15 is 0 Å². The predicted octanol–water partition coefficient (Wildman–Crippen LogP) is 6.23. The summed E-state index contributed by atoms with van der Waals surface area (Å²) in [5, 5.41) is 15.2. The highest BCUT2D eigenvalue weighted by atomic mass is 19.4. The van der Waals surface area contributed by atoms with Crippen LogP contribution in [0.15, 0.2) is 54.6 Å². The van der Waals surface area contributed by atoms with E-state index in [1.807, 2.05) is 13.8 Å². The first-order valence-corrected chi connectivity index (χ1v) is 10.4. The predicted molar refractivity (Wildman–Crippen MR) is 118 cm³/mol. The molecule has 0 fully saturated rings. The first-order valence-electron chi connectivity index (χ1n) is 10.4. The third-order valence-electron chi connectivity index (χ3n) is 4.90. The Bertz CT molecular complexity index is 1150. The SMILES string of the molecule is CC(C)[C@H](CO)Nc1nc(Nc2ccccc2C(F)(F)F)cc(-c2cccc(OC(F)(F)F)c2)n1. The quantitative estimate of drug-likeness (QED) is 0.318. The summed E-state index contributed by atoms with van der Waals surface area (Å²) >= 11 is 0. The normalized spacial score (nSPS) is 13.0. The standard InChI is InChI=1S/C23H22F6N4O2/c1-13(2)19(12-34)32-21-31-18(14-6-5-7-15(10-14)35-23(27,28)29)11-20(33-21)30-17-9-4-3-8-16(17)22(24,25)26/h3-11,13,19,34H,12H2,1-2H3,(H2,30,31,32,33)/t19-/m0/s1. The van der Waals surface area contributed by atoms with Gasteiger partial charge in [-0.25, -0.2) is 4.98 Å². The van der Waals surface area contributed by atoms with Crippen LogP contribution in [0.5, 0.6) is 5.75 Å². The van der Waals surface area contributed by atoms with Crippen molar-refractivity contribution >= 4 is 17.5 Å². The van der Waals surface area contributed by atoms with Gasteiger partial charge < -0.3 is 20.5 Å². The Morgan fingerprint density at radius 3 is 2.29 bits per heavy atom. The molecule has 0 bridgehead atoms. The van der Waals surface area contributed by atoms with Gasteiger partial charge in [-0.05, 0) is 30.2 Å². The van der Waals surface area contributed by atoms with E-state index in [-0.39, 0.29) is 41.2 Å². The van der Waals surface area contributed by atoms with Gasteiger partial charge in [-0.1, -0.05) is 38.1 Å². The van der Waals surface area contributed by atoms with Gasteiger partial charge in [0.25, 0.3) is 0 Å². The van der Waals surface area contributed by atoms with Gasteiger partial charge in [0.1, 0.15) is 11.6 Å². The number of benzene rings is 2. The van der Waals surface area contributed by atoms with Crippen LogP contribution >= 0.6 is 0 Å². The zero-order chi connectivity index (χ0) is 25.8. The third-order valence-corrected chi connectivity index (χ3v) is 4.90. The maximum absolute atomic E-state index is 13.4.